The number of para-hydroxylation sites is 1. The van der Waals surface area contributed by atoms with Crippen LogP contribution in [0.4, 0.5) is 5.69 Å². The van der Waals surface area contributed by atoms with Crippen LogP contribution in [0.15, 0.2) is 24.3 Å². The molecule has 3 atom stereocenters. The molecule has 31 heavy (non-hydrogen) atoms. The van der Waals surface area contributed by atoms with Crippen molar-refractivity contribution >= 4 is 34.9 Å². The van der Waals surface area contributed by atoms with Crippen LogP contribution in [0.5, 0.6) is 0 Å². The molecule has 0 aromatic heterocycles. The molecule has 5 N–H and O–H groups in total. The third-order valence-electron chi connectivity index (χ3n) is 5.83. The summed E-state index contributed by atoms with van der Waals surface area (Å²) >= 11 is 0. The summed E-state index contributed by atoms with van der Waals surface area (Å²) < 4.78 is 0. The second-order valence-corrected chi connectivity index (χ2v) is 9.15. The fourth-order valence-corrected chi connectivity index (χ4v) is 3.85. The zero-order valence-electron chi connectivity index (χ0n) is 18.0. The van der Waals surface area contributed by atoms with Gasteiger partial charge in [0.25, 0.3) is 5.91 Å². The zero-order valence-corrected chi connectivity index (χ0v) is 18.0. The van der Waals surface area contributed by atoms with Crippen LogP contribution >= 0.6 is 0 Å². The van der Waals surface area contributed by atoms with E-state index >= 15 is 0 Å². The summed E-state index contributed by atoms with van der Waals surface area (Å²) in [5.41, 5.74) is 5.07. The third kappa shape index (κ3) is 4.92. The molecule has 9 heteroatoms. The number of piperidine rings is 1. The number of carbonyl (C=O) groups is 4. The number of benzene rings is 1. The maximum Gasteiger partial charge on any atom is 0.267 e. The number of ketones is 1. The topological polar surface area (TPSA) is 145 Å². The van der Waals surface area contributed by atoms with Crippen LogP contribution < -0.4 is 16.4 Å². The molecular formula is C22H29N5O4. The third-order valence-corrected chi connectivity index (χ3v) is 5.83. The summed E-state index contributed by atoms with van der Waals surface area (Å²) in [5, 5.41) is 13.5. The van der Waals surface area contributed by atoms with E-state index in [1.54, 1.807) is 49.9 Å². The molecule has 1 saturated heterocycles. The summed E-state index contributed by atoms with van der Waals surface area (Å²) in [6.45, 7) is 5.24. The fourth-order valence-electron chi connectivity index (χ4n) is 3.85. The van der Waals surface area contributed by atoms with E-state index < -0.39 is 17.4 Å². The summed E-state index contributed by atoms with van der Waals surface area (Å²) in [5.74, 6) is -1.17. The van der Waals surface area contributed by atoms with Gasteiger partial charge in [-0.2, -0.15) is 0 Å². The van der Waals surface area contributed by atoms with Crippen molar-refractivity contribution in [2.45, 2.75) is 45.7 Å². The SMILES string of the molecule is CC(C)(C)C(=O)CNC(=O)[C@@H]1C[C@H]2C[C@H]2N1C(=O)CNc1ccccc1C(=N)C(N)=O. The number of hydrogen-bond donors (Lipinski definition) is 4. The van der Waals surface area contributed by atoms with Crippen molar-refractivity contribution < 1.29 is 19.2 Å². The number of carbonyl (C=O) groups excluding carboxylic acids is 4. The van der Waals surface area contributed by atoms with Gasteiger partial charge in [-0.3, -0.25) is 24.6 Å². The number of Topliss-reactive ketones (excluding diaryl/α,β-unsaturated/α-hetero) is 1. The standard InChI is InChI=1S/C22H29N5O4/c1-22(2,3)17(28)10-26-21(31)16-9-12-8-15(12)27(16)18(29)11-25-14-7-5-4-6-13(14)19(23)20(24)30/h4-7,12,15-16,23,25H,8-11H2,1-3H3,(H2,24,30)(H,26,31)/t12-,15-,16+/m1/s1. The molecule has 0 bridgehead atoms. The minimum Gasteiger partial charge on any atom is -0.376 e. The number of amides is 3. The van der Waals surface area contributed by atoms with E-state index in [-0.39, 0.29) is 42.4 Å². The number of primary amides is 1. The Morgan fingerprint density at radius 1 is 1.13 bits per heavy atom. The van der Waals surface area contributed by atoms with Gasteiger partial charge in [0.2, 0.25) is 11.8 Å². The molecule has 0 unspecified atom stereocenters. The Balaban J connectivity index is 1.63. The van der Waals surface area contributed by atoms with Crippen molar-refractivity contribution in [3.63, 3.8) is 0 Å². The number of anilines is 1. The van der Waals surface area contributed by atoms with Gasteiger partial charge in [0.1, 0.15) is 11.8 Å². The predicted octanol–water partition coefficient (Wildman–Crippen LogP) is 0.672. The normalized spacial score (nSPS) is 21.8. The lowest BCUT2D eigenvalue weighted by atomic mass is 9.91. The highest BCUT2D eigenvalue weighted by atomic mass is 16.2. The van der Waals surface area contributed by atoms with Crippen molar-refractivity contribution in [1.29, 1.82) is 5.41 Å². The molecule has 0 spiro atoms. The molecule has 9 nitrogen and oxygen atoms in total. The van der Waals surface area contributed by atoms with Crippen molar-refractivity contribution in [3.05, 3.63) is 29.8 Å². The van der Waals surface area contributed by atoms with Gasteiger partial charge in [-0.05, 0) is 24.8 Å². The molecular weight excluding hydrogens is 398 g/mol. The number of nitrogens with two attached hydrogens (primary N) is 1. The number of nitrogens with zero attached hydrogens (tertiary/aromatic N) is 1. The molecule has 3 rings (SSSR count). The van der Waals surface area contributed by atoms with E-state index in [1.165, 1.54) is 0 Å². The van der Waals surface area contributed by atoms with E-state index in [2.05, 4.69) is 10.6 Å². The highest BCUT2D eigenvalue weighted by Gasteiger charge is 2.55. The zero-order chi connectivity index (χ0) is 22.9. The Bertz CT molecular complexity index is 936. The number of nitrogens with one attached hydrogen (secondary N) is 3. The molecule has 1 heterocycles. The van der Waals surface area contributed by atoms with Crippen LogP contribution in [0.3, 0.4) is 0 Å². The van der Waals surface area contributed by atoms with Gasteiger partial charge >= 0.3 is 0 Å². The van der Waals surface area contributed by atoms with Crippen LogP contribution in [0, 0.1) is 16.7 Å². The van der Waals surface area contributed by atoms with Gasteiger partial charge < -0.3 is 21.3 Å². The Morgan fingerprint density at radius 2 is 1.81 bits per heavy atom. The second-order valence-electron chi connectivity index (χ2n) is 9.15. The highest BCUT2D eigenvalue weighted by Crippen LogP contribution is 2.47. The molecule has 1 aliphatic carbocycles. The lowest BCUT2D eigenvalue weighted by molar-refractivity contribution is -0.139. The lowest BCUT2D eigenvalue weighted by Gasteiger charge is -2.27. The van der Waals surface area contributed by atoms with Crippen molar-refractivity contribution in [2.24, 2.45) is 17.1 Å². The van der Waals surface area contributed by atoms with E-state index in [1.807, 2.05) is 0 Å². The first kappa shape index (κ1) is 22.5. The van der Waals surface area contributed by atoms with Crippen molar-refractivity contribution in [1.82, 2.24) is 10.2 Å². The molecule has 166 valence electrons. The second kappa shape index (κ2) is 8.49. The Hall–Kier alpha value is -3.23. The Kier molecular flexibility index (Phi) is 6.15. The minimum atomic E-state index is -0.859. The smallest absolute Gasteiger partial charge is 0.267 e. The summed E-state index contributed by atoms with van der Waals surface area (Å²) in [4.78, 5) is 50.7. The molecule has 1 aliphatic heterocycles. The fraction of sp³-hybridized carbons (Fsp3) is 0.500. The van der Waals surface area contributed by atoms with Crippen LogP contribution in [0.25, 0.3) is 0 Å². The molecule has 3 amide bonds. The largest absolute Gasteiger partial charge is 0.376 e. The predicted molar refractivity (Wildman–Crippen MR) is 116 cm³/mol. The van der Waals surface area contributed by atoms with Crippen LogP contribution in [0.2, 0.25) is 0 Å². The van der Waals surface area contributed by atoms with Gasteiger partial charge in [-0.25, -0.2) is 0 Å². The van der Waals surface area contributed by atoms with Crippen LogP contribution in [-0.2, 0) is 19.2 Å². The summed E-state index contributed by atoms with van der Waals surface area (Å²) in [7, 11) is 0. The Morgan fingerprint density at radius 3 is 2.45 bits per heavy atom. The average molecular weight is 428 g/mol. The van der Waals surface area contributed by atoms with Gasteiger partial charge in [-0.1, -0.05) is 39.0 Å². The molecule has 2 aliphatic rings. The molecule has 1 saturated carbocycles. The molecule has 0 radical (unpaired) electrons. The first-order chi connectivity index (χ1) is 14.5. The van der Waals surface area contributed by atoms with Crippen molar-refractivity contribution in [2.75, 3.05) is 18.4 Å². The first-order valence-electron chi connectivity index (χ1n) is 10.3. The number of hydrogen-bond acceptors (Lipinski definition) is 6. The van der Waals surface area contributed by atoms with Gasteiger partial charge in [0.05, 0.1) is 13.1 Å². The average Bonchev–Trinajstić information content (AvgIpc) is 3.38. The summed E-state index contributed by atoms with van der Waals surface area (Å²) in [6.07, 6.45) is 1.47. The van der Waals surface area contributed by atoms with Crippen LogP contribution in [-0.4, -0.2) is 59.3 Å². The molecule has 2 fully saturated rings. The molecule has 1 aromatic carbocycles. The maximum absolute atomic E-state index is 13.0. The monoisotopic (exact) mass is 427 g/mol. The van der Waals surface area contributed by atoms with Crippen LogP contribution in [0.1, 0.15) is 39.2 Å². The van der Waals surface area contributed by atoms with Gasteiger partial charge in [0, 0.05) is 22.7 Å². The lowest BCUT2D eigenvalue weighted by Crippen LogP contribution is -2.50. The van der Waals surface area contributed by atoms with Gasteiger partial charge in [-0.15, -0.1) is 0 Å². The summed E-state index contributed by atoms with van der Waals surface area (Å²) in [6, 6.07) is 6.09. The number of fused-ring (bicyclic) bond motifs is 1. The van der Waals surface area contributed by atoms with Gasteiger partial charge in [0.15, 0.2) is 5.78 Å². The maximum atomic E-state index is 13.0. The van der Waals surface area contributed by atoms with E-state index in [4.69, 9.17) is 11.1 Å². The Labute approximate surface area is 181 Å². The van der Waals surface area contributed by atoms with Crippen molar-refractivity contribution in [3.8, 4) is 0 Å². The number of rotatable bonds is 8. The van der Waals surface area contributed by atoms with E-state index in [9.17, 15) is 19.2 Å². The molecule has 1 aromatic rings. The van der Waals surface area contributed by atoms with E-state index in [0.29, 0.717) is 23.6 Å². The first-order valence-corrected chi connectivity index (χ1v) is 10.3. The quantitative estimate of drug-likeness (QED) is 0.451. The highest BCUT2D eigenvalue weighted by molar-refractivity contribution is 6.44. The van der Waals surface area contributed by atoms with E-state index in [0.717, 1.165) is 6.42 Å². The number of likely N-dealkylation sites (tertiary alicyclic amines) is 1. The minimum absolute atomic E-state index is 0.0440.